The Morgan fingerprint density at radius 3 is 2.34 bits per heavy atom. The lowest BCUT2D eigenvalue weighted by atomic mass is 10.1. The van der Waals surface area contributed by atoms with Crippen molar-refractivity contribution in [2.75, 3.05) is 19.0 Å². The summed E-state index contributed by atoms with van der Waals surface area (Å²) < 4.78 is 25.2. The molecule has 3 aromatic rings. The Hall–Kier alpha value is -4.44. The van der Waals surface area contributed by atoms with Gasteiger partial charge in [-0.15, -0.1) is 0 Å². The standard InChI is InChI=1S/C26H29FN4O3.C2H4O2/c1-3-34-24(21-12-11-20(33-2)14-22(21)27)26(32)31-16-19-10-9-18(25(28)29)13-23(19)30-15-17-7-5-4-6-8-17;1-2(3)4/h4-14,24,30H,3,15-16H2,1-2H3,(H3,28,29)(H,31,32);1H3,(H,3,4)/t24-;/m1./s1. The van der Waals surface area contributed by atoms with E-state index in [9.17, 15) is 9.18 Å². The maximum atomic E-state index is 14.6. The summed E-state index contributed by atoms with van der Waals surface area (Å²) in [6, 6.07) is 19.4. The van der Waals surface area contributed by atoms with Gasteiger partial charge in [-0.25, -0.2) is 4.39 Å². The van der Waals surface area contributed by atoms with Gasteiger partial charge in [0.15, 0.2) is 6.10 Å². The topological polar surface area (TPSA) is 147 Å². The molecule has 38 heavy (non-hydrogen) atoms. The number of amidine groups is 1. The Kier molecular flexibility index (Phi) is 11.7. The number of carbonyl (C=O) groups is 2. The number of nitrogens with two attached hydrogens (primary N) is 1. The largest absolute Gasteiger partial charge is 0.497 e. The second kappa shape index (κ2) is 15.0. The van der Waals surface area contributed by atoms with Gasteiger partial charge in [-0.3, -0.25) is 15.0 Å². The van der Waals surface area contributed by atoms with E-state index >= 15 is 0 Å². The van der Waals surface area contributed by atoms with Crippen LogP contribution in [0.25, 0.3) is 0 Å². The number of carbonyl (C=O) groups excluding carboxylic acids is 1. The molecular weight excluding hydrogens is 491 g/mol. The van der Waals surface area contributed by atoms with E-state index in [1.807, 2.05) is 30.3 Å². The summed E-state index contributed by atoms with van der Waals surface area (Å²) in [5.74, 6) is -1.57. The van der Waals surface area contributed by atoms with E-state index in [2.05, 4.69) is 10.6 Å². The van der Waals surface area contributed by atoms with Crippen LogP contribution in [-0.4, -0.2) is 36.5 Å². The number of methoxy groups -OCH3 is 1. The summed E-state index contributed by atoms with van der Waals surface area (Å²) in [5, 5.41) is 21.3. The van der Waals surface area contributed by atoms with Crippen molar-refractivity contribution in [3.63, 3.8) is 0 Å². The van der Waals surface area contributed by atoms with Crippen LogP contribution in [0.2, 0.25) is 0 Å². The summed E-state index contributed by atoms with van der Waals surface area (Å²) in [7, 11) is 1.45. The number of nitrogens with one attached hydrogen (secondary N) is 3. The number of benzene rings is 3. The van der Waals surface area contributed by atoms with Crippen molar-refractivity contribution >= 4 is 23.4 Å². The van der Waals surface area contributed by atoms with Crippen molar-refractivity contribution in [1.29, 1.82) is 5.41 Å². The molecule has 3 aromatic carbocycles. The van der Waals surface area contributed by atoms with Crippen molar-refractivity contribution in [2.24, 2.45) is 5.73 Å². The molecule has 0 aliphatic heterocycles. The van der Waals surface area contributed by atoms with Crippen LogP contribution >= 0.6 is 0 Å². The normalized spacial score (nSPS) is 10.9. The number of hydrogen-bond donors (Lipinski definition) is 5. The van der Waals surface area contributed by atoms with Crippen molar-refractivity contribution in [3.05, 3.63) is 94.8 Å². The molecule has 0 fully saturated rings. The van der Waals surface area contributed by atoms with Gasteiger partial charge in [0.25, 0.3) is 11.9 Å². The lowest BCUT2D eigenvalue weighted by molar-refractivity contribution is -0.134. The van der Waals surface area contributed by atoms with Crippen LogP contribution in [0, 0.1) is 11.2 Å². The molecule has 0 saturated heterocycles. The highest BCUT2D eigenvalue weighted by molar-refractivity contribution is 5.96. The van der Waals surface area contributed by atoms with Crippen LogP contribution in [-0.2, 0) is 27.4 Å². The Bertz CT molecular complexity index is 1230. The number of halogens is 1. The van der Waals surface area contributed by atoms with E-state index in [0.717, 1.165) is 23.7 Å². The van der Waals surface area contributed by atoms with Gasteiger partial charge in [0.05, 0.1) is 7.11 Å². The highest BCUT2D eigenvalue weighted by atomic mass is 19.1. The molecule has 0 aliphatic carbocycles. The lowest BCUT2D eigenvalue weighted by Crippen LogP contribution is -2.31. The Labute approximate surface area is 221 Å². The summed E-state index contributed by atoms with van der Waals surface area (Å²) in [4.78, 5) is 22.0. The molecule has 0 aliphatic rings. The van der Waals surface area contributed by atoms with Gasteiger partial charge in [0.2, 0.25) is 0 Å². The van der Waals surface area contributed by atoms with Crippen molar-refractivity contribution in [3.8, 4) is 5.75 Å². The van der Waals surface area contributed by atoms with E-state index in [4.69, 9.17) is 30.5 Å². The summed E-state index contributed by atoms with van der Waals surface area (Å²) in [6.07, 6.45) is -1.10. The maximum Gasteiger partial charge on any atom is 0.300 e. The van der Waals surface area contributed by atoms with Gasteiger partial charge >= 0.3 is 0 Å². The lowest BCUT2D eigenvalue weighted by Gasteiger charge is -2.19. The average molecular weight is 525 g/mol. The van der Waals surface area contributed by atoms with E-state index in [1.165, 1.54) is 19.2 Å². The third-order valence-corrected chi connectivity index (χ3v) is 5.26. The minimum atomic E-state index is -1.10. The zero-order valence-electron chi connectivity index (χ0n) is 21.6. The number of hydrogen-bond acceptors (Lipinski definition) is 6. The van der Waals surface area contributed by atoms with E-state index < -0.39 is 23.8 Å². The van der Waals surface area contributed by atoms with Gasteiger partial charge in [0, 0.05) is 49.5 Å². The molecule has 0 unspecified atom stereocenters. The predicted molar refractivity (Wildman–Crippen MR) is 144 cm³/mol. The summed E-state index contributed by atoms with van der Waals surface area (Å²) in [5.41, 5.74) is 8.97. The SMILES string of the molecule is CC(=O)O.CCO[C@@H](C(=O)NCc1ccc(C(=N)N)cc1NCc1ccccc1)c1ccc(OC)cc1F. The molecule has 0 aromatic heterocycles. The second-order valence-corrected chi connectivity index (χ2v) is 8.08. The number of aliphatic carboxylic acids is 1. The van der Waals surface area contributed by atoms with E-state index in [1.54, 1.807) is 31.2 Å². The number of carboxylic acids is 1. The molecule has 0 bridgehead atoms. The summed E-state index contributed by atoms with van der Waals surface area (Å²) >= 11 is 0. The molecule has 10 heteroatoms. The Balaban J connectivity index is 0.00000118. The number of rotatable bonds is 11. The molecule has 9 nitrogen and oxygen atoms in total. The first kappa shape index (κ1) is 29.8. The average Bonchev–Trinajstić information content (AvgIpc) is 2.89. The Morgan fingerprint density at radius 2 is 1.76 bits per heavy atom. The quantitative estimate of drug-likeness (QED) is 0.186. The number of ether oxygens (including phenoxy) is 2. The third-order valence-electron chi connectivity index (χ3n) is 5.26. The zero-order valence-corrected chi connectivity index (χ0v) is 21.6. The van der Waals surface area contributed by atoms with Crippen molar-refractivity contribution in [2.45, 2.75) is 33.0 Å². The number of carboxylic acid groups (broad SMARTS) is 1. The van der Waals surface area contributed by atoms with Crippen LogP contribution in [0.1, 0.15) is 42.2 Å². The van der Waals surface area contributed by atoms with Crippen LogP contribution in [0.3, 0.4) is 0 Å². The molecule has 0 radical (unpaired) electrons. The first-order chi connectivity index (χ1) is 18.2. The molecule has 0 heterocycles. The monoisotopic (exact) mass is 524 g/mol. The third kappa shape index (κ3) is 9.21. The van der Waals surface area contributed by atoms with Crippen LogP contribution in [0.4, 0.5) is 10.1 Å². The zero-order chi connectivity index (χ0) is 28.1. The van der Waals surface area contributed by atoms with Crippen molar-refractivity contribution < 1.29 is 28.6 Å². The fourth-order valence-corrected chi connectivity index (χ4v) is 3.45. The van der Waals surface area contributed by atoms with Crippen LogP contribution in [0.15, 0.2) is 66.7 Å². The van der Waals surface area contributed by atoms with Gasteiger partial charge in [-0.05, 0) is 36.2 Å². The number of amides is 1. The molecule has 202 valence electrons. The highest BCUT2D eigenvalue weighted by Crippen LogP contribution is 2.25. The number of nitrogen functional groups attached to an aromatic ring is 1. The Morgan fingerprint density at radius 1 is 1.08 bits per heavy atom. The predicted octanol–water partition coefficient (Wildman–Crippen LogP) is 4.22. The minimum absolute atomic E-state index is 0.0512. The molecule has 3 rings (SSSR count). The molecule has 0 saturated carbocycles. The first-order valence-corrected chi connectivity index (χ1v) is 11.8. The second-order valence-electron chi connectivity index (χ2n) is 8.08. The first-order valence-electron chi connectivity index (χ1n) is 11.8. The molecule has 6 N–H and O–H groups in total. The van der Waals surface area contributed by atoms with Gasteiger partial charge in [-0.1, -0.05) is 42.5 Å². The minimum Gasteiger partial charge on any atom is -0.497 e. The molecular formula is C28H33FN4O5. The molecule has 0 spiro atoms. The highest BCUT2D eigenvalue weighted by Gasteiger charge is 2.24. The van der Waals surface area contributed by atoms with Crippen LogP contribution in [0.5, 0.6) is 5.75 Å². The summed E-state index contributed by atoms with van der Waals surface area (Å²) in [6.45, 7) is 3.80. The maximum absolute atomic E-state index is 14.6. The fourth-order valence-electron chi connectivity index (χ4n) is 3.45. The van der Waals surface area contributed by atoms with E-state index in [0.29, 0.717) is 17.9 Å². The van der Waals surface area contributed by atoms with Gasteiger partial charge < -0.3 is 30.9 Å². The van der Waals surface area contributed by atoms with Crippen molar-refractivity contribution in [1.82, 2.24) is 5.32 Å². The smallest absolute Gasteiger partial charge is 0.300 e. The van der Waals surface area contributed by atoms with Crippen LogP contribution < -0.4 is 21.1 Å². The molecule has 1 atom stereocenters. The van der Waals surface area contributed by atoms with Gasteiger partial charge in [0.1, 0.15) is 17.4 Å². The van der Waals surface area contributed by atoms with E-state index in [-0.39, 0.29) is 24.6 Å². The number of anilines is 1. The molecule has 1 amide bonds. The van der Waals surface area contributed by atoms with Gasteiger partial charge in [-0.2, -0.15) is 0 Å². The fraction of sp³-hybridized carbons (Fsp3) is 0.250.